The Hall–Kier alpha value is -2.11. The Bertz CT molecular complexity index is 501. The first-order valence-electron chi connectivity index (χ1n) is 5.78. The number of carbonyl (C=O) groups is 2. The van der Waals surface area contributed by atoms with E-state index < -0.39 is 6.04 Å². The topological polar surface area (TPSA) is 88.3 Å². The second-order valence-electron chi connectivity index (χ2n) is 4.46. The monoisotopic (exact) mass is 248 g/mol. The number of anilines is 2. The molecular weight excluding hydrogens is 232 g/mol. The highest BCUT2D eigenvalue weighted by molar-refractivity contribution is 6.01. The van der Waals surface area contributed by atoms with Crippen molar-refractivity contribution in [1.82, 2.24) is 9.88 Å². The first-order chi connectivity index (χ1) is 8.49. The number of hydrogen-bond acceptors (Lipinski definition) is 5. The molecule has 2 heterocycles. The minimum atomic E-state index is -0.400. The van der Waals surface area contributed by atoms with E-state index in [9.17, 15) is 9.59 Å². The third-order valence-electron chi connectivity index (χ3n) is 3.06. The first-order valence-corrected chi connectivity index (χ1v) is 5.78. The lowest BCUT2D eigenvalue weighted by atomic mass is 10.0. The van der Waals surface area contributed by atoms with Crippen LogP contribution in [0.1, 0.15) is 18.4 Å². The van der Waals surface area contributed by atoms with Crippen LogP contribution in [0.15, 0.2) is 12.3 Å². The third-order valence-corrected chi connectivity index (χ3v) is 3.06. The lowest BCUT2D eigenvalue weighted by Gasteiger charge is -2.28. The molecule has 2 rings (SSSR count). The minimum Gasteiger partial charge on any atom is -0.397 e. The van der Waals surface area contributed by atoms with Gasteiger partial charge in [0.15, 0.2) is 0 Å². The molecule has 1 atom stereocenters. The van der Waals surface area contributed by atoms with Gasteiger partial charge < -0.3 is 11.1 Å². The van der Waals surface area contributed by atoms with Gasteiger partial charge in [-0.25, -0.2) is 4.98 Å². The maximum atomic E-state index is 11.9. The van der Waals surface area contributed by atoms with Crippen molar-refractivity contribution >= 4 is 23.3 Å². The van der Waals surface area contributed by atoms with Crippen LogP contribution >= 0.6 is 0 Å². The highest BCUT2D eigenvalue weighted by atomic mass is 16.2. The summed E-state index contributed by atoms with van der Waals surface area (Å²) in [7, 11) is 1.50. The summed E-state index contributed by atoms with van der Waals surface area (Å²) in [5, 5.41) is 3.07. The number of hydrogen-bond donors (Lipinski definition) is 2. The van der Waals surface area contributed by atoms with Crippen molar-refractivity contribution in [1.29, 1.82) is 0 Å². The molecule has 1 aliphatic rings. The average Bonchev–Trinajstić information content (AvgIpc) is 2.33. The normalized spacial score (nSPS) is 20.1. The van der Waals surface area contributed by atoms with Crippen molar-refractivity contribution in [3.8, 4) is 0 Å². The molecule has 18 heavy (non-hydrogen) atoms. The van der Waals surface area contributed by atoms with E-state index in [4.69, 9.17) is 5.73 Å². The molecule has 1 aromatic heterocycles. The lowest BCUT2D eigenvalue weighted by molar-refractivity contribution is -0.146. The maximum Gasteiger partial charge on any atom is 0.251 e. The molecule has 0 aromatic carbocycles. The van der Waals surface area contributed by atoms with Crippen molar-refractivity contribution in [3.63, 3.8) is 0 Å². The van der Waals surface area contributed by atoms with Gasteiger partial charge in [0.05, 0.1) is 11.9 Å². The Morgan fingerprint density at radius 3 is 2.89 bits per heavy atom. The van der Waals surface area contributed by atoms with Gasteiger partial charge in [0.25, 0.3) is 5.91 Å². The van der Waals surface area contributed by atoms with Crippen LogP contribution in [-0.4, -0.2) is 34.8 Å². The number of piperidine rings is 1. The van der Waals surface area contributed by atoms with Crippen LogP contribution in [0.3, 0.4) is 0 Å². The molecule has 0 spiro atoms. The number of pyridine rings is 1. The van der Waals surface area contributed by atoms with Gasteiger partial charge in [0, 0.05) is 13.5 Å². The number of imide groups is 1. The number of nitrogens with two attached hydrogens (primary N) is 1. The predicted molar refractivity (Wildman–Crippen MR) is 67.8 cm³/mol. The fourth-order valence-corrected chi connectivity index (χ4v) is 1.96. The zero-order chi connectivity index (χ0) is 13.3. The molecule has 1 aromatic rings. The second-order valence-corrected chi connectivity index (χ2v) is 4.46. The largest absolute Gasteiger partial charge is 0.397 e. The van der Waals surface area contributed by atoms with E-state index in [0.29, 0.717) is 24.3 Å². The zero-order valence-corrected chi connectivity index (χ0v) is 10.4. The SMILES string of the molecule is Cc1cc(N)cnc1NC1CCC(=O)N(C)C1=O. The van der Waals surface area contributed by atoms with Crippen molar-refractivity contribution in [2.45, 2.75) is 25.8 Å². The van der Waals surface area contributed by atoms with Crippen LogP contribution in [0.4, 0.5) is 11.5 Å². The van der Waals surface area contributed by atoms with E-state index >= 15 is 0 Å². The van der Waals surface area contributed by atoms with Crippen molar-refractivity contribution in [2.24, 2.45) is 0 Å². The van der Waals surface area contributed by atoms with Crippen molar-refractivity contribution in [2.75, 3.05) is 18.1 Å². The molecule has 6 nitrogen and oxygen atoms in total. The van der Waals surface area contributed by atoms with Crippen LogP contribution in [0.2, 0.25) is 0 Å². The summed E-state index contributed by atoms with van der Waals surface area (Å²) in [5.41, 5.74) is 7.08. The van der Waals surface area contributed by atoms with Gasteiger partial charge in [-0.15, -0.1) is 0 Å². The number of nitrogens with one attached hydrogen (secondary N) is 1. The van der Waals surface area contributed by atoms with E-state index in [0.717, 1.165) is 10.5 Å². The molecule has 2 amide bonds. The molecule has 1 aliphatic heterocycles. The molecule has 1 unspecified atom stereocenters. The van der Waals surface area contributed by atoms with Crippen molar-refractivity contribution in [3.05, 3.63) is 17.8 Å². The average molecular weight is 248 g/mol. The third kappa shape index (κ3) is 2.27. The molecule has 0 saturated carbocycles. The summed E-state index contributed by atoms with van der Waals surface area (Å²) in [5.74, 6) is 0.273. The molecule has 1 saturated heterocycles. The summed E-state index contributed by atoms with van der Waals surface area (Å²) in [6.45, 7) is 1.87. The van der Waals surface area contributed by atoms with Gasteiger partial charge in [-0.3, -0.25) is 14.5 Å². The van der Waals surface area contributed by atoms with Crippen LogP contribution in [0, 0.1) is 6.92 Å². The molecule has 1 fully saturated rings. The number of nitrogens with zero attached hydrogens (tertiary/aromatic N) is 2. The molecule has 0 bridgehead atoms. The zero-order valence-electron chi connectivity index (χ0n) is 10.4. The summed E-state index contributed by atoms with van der Waals surface area (Å²) in [6, 6.07) is 1.39. The number of amides is 2. The van der Waals surface area contributed by atoms with Crippen molar-refractivity contribution < 1.29 is 9.59 Å². The fraction of sp³-hybridized carbons (Fsp3) is 0.417. The van der Waals surface area contributed by atoms with Gasteiger partial charge in [0.1, 0.15) is 11.9 Å². The molecule has 3 N–H and O–H groups in total. The van der Waals surface area contributed by atoms with Gasteiger partial charge in [-0.1, -0.05) is 0 Å². The summed E-state index contributed by atoms with van der Waals surface area (Å²) >= 11 is 0. The number of likely N-dealkylation sites (tertiary alicyclic amines) is 1. The van der Waals surface area contributed by atoms with Crippen LogP contribution < -0.4 is 11.1 Å². The highest BCUT2D eigenvalue weighted by Gasteiger charge is 2.31. The second kappa shape index (κ2) is 4.64. The number of rotatable bonds is 2. The van der Waals surface area contributed by atoms with Crippen LogP contribution in [-0.2, 0) is 9.59 Å². The Labute approximate surface area is 105 Å². The Morgan fingerprint density at radius 1 is 1.50 bits per heavy atom. The number of carbonyl (C=O) groups excluding carboxylic acids is 2. The minimum absolute atomic E-state index is 0.139. The number of aromatic nitrogens is 1. The standard InChI is InChI=1S/C12H16N4O2/c1-7-5-8(13)6-14-11(7)15-9-3-4-10(17)16(2)12(9)18/h5-6,9H,3-4,13H2,1-2H3,(H,14,15). The Balaban J connectivity index is 2.14. The number of aryl methyl sites for hydroxylation is 1. The van der Waals surface area contributed by atoms with Crippen LogP contribution in [0.5, 0.6) is 0 Å². The molecule has 6 heteroatoms. The Morgan fingerprint density at radius 2 is 2.22 bits per heavy atom. The smallest absolute Gasteiger partial charge is 0.251 e. The summed E-state index contributed by atoms with van der Waals surface area (Å²) in [4.78, 5) is 28.6. The van der Waals surface area contributed by atoms with Gasteiger partial charge >= 0.3 is 0 Å². The first kappa shape index (κ1) is 12.3. The van der Waals surface area contributed by atoms with Gasteiger partial charge in [-0.05, 0) is 25.0 Å². The molecule has 96 valence electrons. The molecular formula is C12H16N4O2. The number of likely N-dealkylation sites (N-methyl/N-ethyl adjacent to an activating group) is 1. The van der Waals surface area contributed by atoms with E-state index in [1.807, 2.05) is 6.92 Å². The molecule has 0 aliphatic carbocycles. The van der Waals surface area contributed by atoms with Gasteiger partial charge in [0.2, 0.25) is 5.91 Å². The summed E-state index contributed by atoms with van der Waals surface area (Å²) in [6.07, 6.45) is 2.40. The Kier molecular flexibility index (Phi) is 3.18. The van der Waals surface area contributed by atoms with E-state index in [2.05, 4.69) is 10.3 Å². The highest BCUT2D eigenvalue weighted by Crippen LogP contribution is 2.19. The summed E-state index contributed by atoms with van der Waals surface area (Å²) < 4.78 is 0. The quantitative estimate of drug-likeness (QED) is 0.745. The predicted octanol–water partition coefficient (Wildman–Crippen LogP) is 0.532. The van der Waals surface area contributed by atoms with Crippen LogP contribution in [0.25, 0.3) is 0 Å². The van der Waals surface area contributed by atoms with Gasteiger partial charge in [-0.2, -0.15) is 0 Å². The molecule has 0 radical (unpaired) electrons. The number of nitrogen functional groups attached to an aromatic ring is 1. The maximum absolute atomic E-state index is 11.9. The van der Waals surface area contributed by atoms with E-state index in [-0.39, 0.29) is 11.8 Å². The lowest BCUT2D eigenvalue weighted by Crippen LogP contribution is -2.48. The van der Waals surface area contributed by atoms with E-state index in [1.165, 1.54) is 13.2 Å². The van der Waals surface area contributed by atoms with E-state index in [1.54, 1.807) is 6.07 Å². The fourth-order valence-electron chi connectivity index (χ4n) is 1.96.